The summed E-state index contributed by atoms with van der Waals surface area (Å²) < 4.78 is 19.2. The van der Waals surface area contributed by atoms with E-state index in [1.807, 2.05) is 13.8 Å². The van der Waals surface area contributed by atoms with Gasteiger partial charge in [-0.05, 0) is 31.0 Å². The van der Waals surface area contributed by atoms with Crippen LogP contribution in [-0.2, 0) is 0 Å². The van der Waals surface area contributed by atoms with Crippen LogP contribution in [0.3, 0.4) is 0 Å². The number of rotatable bonds is 3. The number of halogens is 1. The number of ketones is 1. The Morgan fingerprint density at radius 2 is 2.25 bits per heavy atom. The number of carbonyl (C=O) groups excluding carboxylic acids is 1. The molecule has 3 rings (SSSR count). The molecule has 1 unspecified atom stereocenters. The Labute approximate surface area is 117 Å². The molecule has 1 aliphatic rings. The summed E-state index contributed by atoms with van der Waals surface area (Å²) >= 11 is 0. The lowest BCUT2D eigenvalue weighted by molar-refractivity contribution is 0.0710. The average molecular weight is 275 g/mol. The van der Waals surface area contributed by atoms with Gasteiger partial charge in [0.15, 0.2) is 17.2 Å². The monoisotopic (exact) mass is 275 g/mol. The highest BCUT2D eigenvalue weighted by atomic mass is 19.1. The van der Waals surface area contributed by atoms with Gasteiger partial charge in [-0.15, -0.1) is 0 Å². The Balaban J connectivity index is 2.06. The third-order valence-corrected chi connectivity index (χ3v) is 4.47. The van der Waals surface area contributed by atoms with Crippen molar-refractivity contribution in [2.24, 2.45) is 11.3 Å². The lowest BCUT2D eigenvalue weighted by atomic mass is 9.72. The molecule has 0 spiro atoms. The van der Waals surface area contributed by atoms with Crippen molar-refractivity contribution in [1.82, 2.24) is 5.32 Å². The fraction of sp³-hybridized carbons (Fsp3) is 0.438. The maximum atomic E-state index is 13.7. The Kier molecular flexibility index (Phi) is 3.13. The van der Waals surface area contributed by atoms with Gasteiger partial charge in [0.1, 0.15) is 0 Å². The summed E-state index contributed by atoms with van der Waals surface area (Å²) in [6.45, 7) is 5.59. The number of Topliss-reactive ketones (excluding diaryl/α,β-unsaturated/α-hetero) is 1. The van der Waals surface area contributed by atoms with E-state index in [0.29, 0.717) is 11.9 Å². The minimum atomic E-state index is -0.440. The highest BCUT2D eigenvalue weighted by molar-refractivity contribution is 6.01. The average Bonchev–Trinajstić information content (AvgIpc) is 3.06. The van der Waals surface area contributed by atoms with Crippen LogP contribution in [0, 0.1) is 17.2 Å². The first-order valence-corrected chi connectivity index (χ1v) is 6.98. The van der Waals surface area contributed by atoms with Crippen LogP contribution in [0.1, 0.15) is 30.8 Å². The number of carbonyl (C=O) groups is 1. The topological polar surface area (TPSA) is 42.2 Å². The fourth-order valence-electron chi connectivity index (χ4n) is 3.04. The minimum Gasteiger partial charge on any atom is -0.450 e. The molecule has 0 aliphatic carbocycles. The van der Waals surface area contributed by atoms with Gasteiger partial charge in [0.25, 0.3) is 0 Å². The van der Waals surface area contributed by atoms with Crippen molar-refractivity contribution in [2.75, 3.05) is 13.1 Å². The van der Waals surface area contributed by atoms with Crippen molar-refractivity contribution in [3.05, 3.63) is 35.8 Å². The number of hydrogen-bond donors (Lipinski definition) is 1. The van der Waals surface area contributed by atoms with Gasteiger partial charge < -0.3 is 9.73 Å². The van der Waals surface area contributed by atoms with E-state index in [1.54, 1.807) is 18.2 Å². The lowest BCUT2D eigenvalue weighted by Gasteiger charge is -2.29. The van der Waals surface area contributed by atoms with Gasteiger partial charge in [-0.3, -0.25) is 4.79 Å². The molecule has 1 fully saturated rings. The van der Waals surface area contributed by atoms with Crippen LogP contribution in [0.25, 0.3) is 11.0 Å². The number of para-hydroxylation sites is 1. The summed E-state index contributed by atoms with van der Waals surface area (Å²) in [5.41, 5.74) is -0.273. The van der Waals surface area contributed by atoms with Gasteiger partial charge in [0.2, 0.25) is 5.78 Å². The van der Waals surface area contributed by atoms with Gasteiger partial charge in [-0.2, -0.15) is 0 Å². The quantitative estimate of drug-likeness (QED) is 0.873. The summed E-state index contributed by atoms with van der Waals surface area (Å²) in [7, 11) is 0. The largest absolute Gasteiger partial charge is 0.450 e. The molecular formula is C16H18FNO2. The number of furan rings is 1. The van der Waals surface area contributed by atoms with Crippen LogP contribution in [0.4, 0.5) is 4.39 Å². The zero-order chi connectivity index (χ0) is 14.3. The Morgan fingerprint density at radius 1 is 1.45 bits per heavy atom. The van der Waals surface area contributed by atoms with E-state index in [1.165, 1.54) is 6.07 Å². The molecule has 3 nitrogen and oxygen atoms in total. The van der Waals surface area contributed by atoms with Crippen molar-refractivity contribution >= 4 is 16.8 Å². The van der Waals surface area contributed by atoms with E-state index in [-0.39, 0.29) is 23.0 Å². The molecule has 2 aromatic rings. The molecular weight excluding hydrogens is 257 g/mol. The zero-order valence-electron chi connectivity index (χ0n) is 11.7. The van der Waals surface area contributed by atoms with E-state index >= 15 is 0 Å². The van der Waals surface area contributed by atoms with Crippen LogP contribution in [0.5, 0.6) is 0 Å². The van der Waals surface area contributed by atoms with Crippen LogP contribution in [-0.4, -0.2) is 18.9 Å². The highest BCUT2D eigenvalue weighted by Crippen LogP contribution is 2.38. The second kappa shape index (κ2) is 4.70. The first kappa shape index (κ1) is 13.3. The standard InChI is InChI=1S/C16H18FNO2/c1-10(2)16(6-7-18-9-16)15(19)13-8-11-4-3-5-12(17)14(11)20-13/h3-5,8,10,18H,6-7,9H2,1-2H3. The van der Waals surface area contributed by atoms with Crippen LogP contribution < -0.4 is 5.32 Å². The number of benzene rings is 1. The predicted molar refractivity (Wildman–Crippen MR) is 75.3 cm³/mol. The van der Waals surface area contributed by atoms with E-state index < -0.39 is 11.2 Å². The van der Waals surface area contributed by atoms with Gasteiger partial charge in [0, 0.05) is 11.9 Å². The molecule has 0 bridgehead atoms. The van der Waals surface area contributed by atoms with Crippen LogP contribution in [0.15, 0.2) is 28.7 Å². The Hall–Kier alpha value is -1.68. The van der Waals surface area contributed by atoms with E-state index in [9.17, 15) is 9.18 Å². The van der Waals surface area contributed by atoms with Gasteiger partial charge in [0.05, 0.1) is 5.41 Å². The van der Waals surface area contributed by atoms with Gasteiger partial charge >= 0.3 is 0 Å². The van der Waals surface area contributed by atoms with Crippen molar-refractivity contribution in [1.29, 1.82) is 0 Å². The zero-order valence-corrected chi connectivity index (χ0v) is 11.7. The van der Waals surface area contributed by atoms with Gasteiger partial charge in [-0.25, -0.2) is 4.39 Å². The van der Waals surface area contributed by atoms with Crippen molar-refractivity contribution in [3.63, 3.8) is 0 Å². The number of fused-ring (bicyclic) bond motifs is 1. The molecule has 0 radical (unpaired) electrons. The third-order valence-electron chi connectivity index (χ3n) is 4.47. The number of hydrogen-bond acceptors (Lipinski definition) is 3. The number of nitrogens with one attached hydrogen (secondary N) is 1. The molecule has 0 saturated carbocycles. The summed E-state index contributed by atoms with van der Waals surface area (Å²) in [6, 6.07) is 6.38. The van der Waals surface area contributed by atoms with E-state index in [4.69, 9.17) is 4.42 Å². The van der Waals surface area contributed by atoms with E-state index in [0.717, 1.165) is 13.0 Å². The first-order chi connectivity index (χ1) is 9.54. The molecule has 1 aromatic carbocycles. The Morgan fingerprint density at radius 3 is 2.85 bits per heavy atom. The molecule has 20 heavy (non-hydrogen) atoms. The second-order valence-electron chi connectivity index (χ2n) is 5.84. The normalized spacial score (nSPS) is 22.8. The Bertz CT molecular complexity index is 654. The molecule has 106 valence electrons. The summed E-state index contributed by atoms with van der Waals surface area (Å²) in [4.78, 5) is 12.8. The van der Waals surface area contributed by atoms with Crippen molar-refractivity contribution in [2.45, 2.75) is 20.3 Å². The smallest absolute Gasteiger partial charge is 0.205 e. The van der Waals surface area contributed by atoms with Crippen LogP contribution >= 0.6 is 0 Å². The molecule has 0 amide bonds. The summed E-state index contributed by atoms with van der Waals surface area (Å²) in [5.74, 6) is 0.0309. The summed E-state index contributed by atoms with van der Waals surface area (Å²) in [5, 5.41) is 3.89. The lowest BCUT2D eigenvalue weighted by Crippen LogP contribution is -2.38. The molecule has 1 saturated heterocycles. The predicted octanol–water partition coefficient (Wildman–Crippen LogP) is 3.39. The maximum absolute atomic E-state index is 13.7. The fourth-order valence-corrected chi connectivity index (χ4v) is 3.04. The minimum absolute atomic E-state index is 0.0203. The van der Waals surface area contributed by atoms with E-state index in [2.05, 4.69) is 5.32 Å². The molecule has 1 aliphatic heterocycles. The highest BCUT2D eigenvalue weighted by Gasteiger charge is 2.45. The summed E-state index contributed by atoms with van der Waals surface area (Å²) in [6.07, 6.45) is 0.795. The maximum Gasteiger partial charge on any atom is 0.205 e. The molecule has 1 aromatic heterocycles. The molecule has 1 N–H and O–H groups in total. The molecule has 4 heteroatoms. The van der Waals surface area contributed by atoms with Crippen LogP contribution in [0.2, 0.25) is 0 Å². The second-order valence-corrected chi connectivity index (χ2v) is 5.84. The first-order valence-electron chi connectivity index (χ1n) is 6.98. The van der Waals surface area contributed by atoms with Crippen molar-refractivity contribution < 1.29 is 13.6 Å². The van der Waals surface area contributed by atoms with Crippen molar-refractivity contribution in [3.8, 4) is 0 Å². The third kappa shape index (κ3) is 1.86. The SMILES string of the molecule is CC(C)C1(C(=O)c2cc3cccc(F)c3o2)CCNC1. The molecule has 2 heterocycles. The van der Waals surface area contributed by atoms with Gasteiger partial charge in [-0.1, -0.05) is 26.0 Å². The molecule has 1 atom stereocenters.